The van der Waals surface area contributed by atoms with E-state index in [-0.39, 0.29) is 17.1 Å². The van der Waals surface area contributed by atoms with Crippen molar-refractivity contribution in [2.24, 2.45) is 5.10 Å². The largest absolute Gasteiger partial charge is 0.354 e. The summed E-state index contributed by atoms with van der Waals surface area (Å²) in [4.78, 5) is 23.7. The van der Waals surface area contributed by atoms with E-state index in [1.54, 1.807) is 30.3 Å². The molecule has 0 atom stereocenters. The summed E-state index contributed by atoms with van der Waals surface area (Å²) in [7, 11) is 0. The average molecular weight is 325 g/mol. The number of nitro benzene ring substituents is 2. The fraction of sp³-hybridized carbons (Fsp3) is 0. The molecule has 0 aliphatic heterocycles. The Morgan fingerprint density at radius 1 is 1.04 bits per heavy atom. The number of hydrazone groups is 1. The Bertz CT molecular complexity index is 963. The van der Waals surface area contributed by atoms with Gasteiger partial charge in [0.15, 0.2) is 0 Å². The molecular formula is C15H11N5O4. The fourth-order valence-corrected chi connectivity index (χ4v) is 2.22. The smallest absolute Gasteiger partial charge is 0.294 e. The standard InChI is InChI=1S/C15H11N5O4/c21-19(22)12-6-5-10-7-11(17-14(10)8-12)9-16-18-13-3-1-2-4-15(13)20(23)24/h1-9,17-18H/b16-9-. The highest BCUT2D eigenvalue weighted by atomic mass is 16.6. The van der Waals surface area contributed by atoms with Gasteiger partial charge in [-0.25, -0.2) is 0 Å². The molecule has 9 heteroatoms. The van der Waals surface area contributed by atoms with Crippen LogP contribution in [0.5, 0.6) is 0 Å². The number of non-ortho nitro benzene ring substituents is 1. The number of H-pyrrole nitrogens is 1. The maximum absolute atomic E-state index is 10.9. The van der Waals surface area contributed by atoms with Crippen LogP contribution in [0.2, 0.25) is 0 Å². The van der Waals surface area contributed by atoms with Crippen LogP contribution in [0.3, 0.4) is 0 Å². The first-order valence-electron chi connectivity index (χ1n) is 6.84. The molecule has 2 aromatic carbocycles. The summed E-state index contributed by atoms with van der Waals surface area (Å²) in [5.41, 5.74) is 4.01. The van der Waals surface area contributed by atoms with Crippen LogP contribution in [0, 0.1) is 20.2 Å². The van der Waals surface area contributed by atoms with Crippen LogP contribution in [-0.4, -0.2) is 21.0 Å². The summed E-state index contributed by atoms with van der Waals surface area (Å²) in [5.74, 6) is 0. The predicted molar refractivity (Wildman–Crippen MR) is 89.3 cm³/mol. The summed E-state index contributed by atoms with van der Waals surface area (Å²) in [6.07, 6.45) is 1.45. The van der Waals surface area contributed by atoms with Gasteiger partial charge >= 0.3 is 0 Å². The number of nitro groups is 2. The second-order valence-corrected chi connectivity index (χ2v) is 4.90. The summed E-state index contributed by atoms with van der Waals surface area (Å²) >= 11 is 0. The number of nitrogens with zero attached hydrogens (tertiary/aromatic N) is 3. The number of para-hydroxylation sites is 2. The highest BCUT2D eigenvalue weighted by molar-refractivity contribution is 5.90. The quantitative estimate of drug-likeness (QED) is 0.422. The van der Waals surface area contributed by atoms with Crippen molar-refractivity contribution in [2.75, 3.05) is 5.43 Å². The molecule has 0 spiro atoms. The maximum atomic E-state index is 10.9. The molecule has 0 unspecified atom stereocenters. The first-order valence-corrected chi connectivity index (χ1v) is 6.84. The molecule has 0 amide bonds. The van der Waals surface area contributed by atoms with E-state index < -0.39 is 9.85 Å². The number of nitrogens with one attached hydrogen (secondary N) is 2. The third-order valence-corrected chi connectivity index (χ3v) is 3.33. The molecule has 2 N–H and O–H groups in total. The van der Waals surface area contributed by atoms with Gasteiger partial charge in [0.1, 0.15) is 5.69 Å². The minimum atomic E-state index is -0.500. The Balaban J connectivity index is 1.81. The molecule has 0 saturated heterocycles. The van der Waals surface area contributed by atoms with Gasteiger partial charge in [0.05, 0.1) is 27.3 Å². The normalized spacial score (nSPS) is 11.0. The SMILES string of the molecule is O=[N+]([O-])c1ccc2cc(/C=N\Nc3ccccc3[N+](=O)[O-])[nH]c2c1. The van der Waals surface area contributed by atoms with Crippen molar-refractivity contribution < 1.29 is 9.85 Å². The number of aromatic nitrogens is 1. The molecule has 0 bridgehead atoms. The summed E-state index contributed by atoms with van der Waals surface area (Å²) in [6.45, 7) is 0. The molecule has 9 nitrogen and oxygen atoms in total. The zero-order chi connectivity index (χ0) is 17.1. The van der Waals surface area contributed by atoms with Crippen molar-refractivity contribution in [3.05, 3.63) is 74.5 Å². The molecule has 24 heavy (non-hydrogen) atoms. The van der Waals surface area contributed by atoms with Crippen LogP contribution in [0.4, 0.5) is 17.1 Å². The number of hydrogen-bond donors (Lipinski definition) is 2. The van der Waals surface area contributed by atoms with E-state index in [4.69, 9.17) is 0 Å². The topological polar surface area (TPSA) is 126 Å². The van der Waals surface area contributed by atoms with E-state index in [9.17, 15) is 20.2 Å². The van der Waals surface area contributed by atoms with E-state index >= 15 is 0 Å². The maximum Gasteiger partial charge on any atom is 0.294 e. The van der Waals surface area contributed by atoms with Gasteiger partial charge in [-0.3, -0.25) is 25.7 Å². The molecule has 0 aliphatic rings. The number of fused-ring (bicyclic) bond motifs is 1. The van der Waals surface area contributed by atoms with Gasteiger partial charge < -0.3 is 4.98 Å². The lowest BCUT2D eigenvalue weighted by Gasteiger charge is -2.00. The number of hydrogen-bond acceptors (Lipinski definition) is 6. The molecule has 0 saturated carbocycles. The minimum Gasteiger partial charge on any atom is -0.354 e. The lowest BCUT2D eigenvalue weighted by atomic mass is 10.2. The van der Waals surface area contributed by atoms with Crippen LogP contribution >= 0.6 is 0 Å². The number of anilines is 1. The lowest BCUT2D eigenvalue weighted by Crippen LogP contribution is -1.96. The lowest BCUT2D eigenvalue weighted by molar-refractivity contribution is -0.384. The zero-order valence-electron chi connectivity index (χ0n) is 12.2. The summed E-state index contributed by atoms with van der Waals surface area (Å²) in [6, 6.07) is 12.4. The van der Waals surface area contributed by atoms with Gasteiger partial charge in [-0.2, -0.15) is 5.10 Å². The van der Waals surface area contributed by atoms with Gasteiger partial charge in [0, 0.05) is 23.6 Å². The third-order valence-electron chi connectivity index (χ3n) is 3.33. The first kappa shape index (κ1) is 15.2. The molecule has 0 fully saturated rings. The second kappa shape index (κ2) is 6.16. The van der Waals surface area contributed by atoms with Crippen molar-refractivity contribution >= 4 is 34.2 Å². The summed E-state index contributed by atoms with van der Waals surface area (Å²) in [5, 5.41) is 26.4. The van der Waals surface area contributed by atoms with Crippen LogP contribution < -0.4 is 5.43 Å². The van der Waals surface area contributed by atoms with Gasteiger partial charge in [0.25, 0.3) is 11.4 Å². The predicted octanol–water partition coefficient (Wildman–Crippen LogP) is 3.43. The van der Waals surface area contributed by atoms with Gasteiger partial charge in [-0.1, -0.05) is 12.1 Å². The molecule has 0 aliphatic carbocycles. The van der Waals surface area contributed by atoms with Crippen LogP contribution in [-0.2, 0) is 0 Å². The third kappa shape index (κ3) is 3.04. The van der Waals surface area contributed by atoms with Gasteiger partial charge in [-0.05, 0) is 18.2 Å². The van der Waals surface area contributed by atoms with E-state index in [1.165, 1.54) is 24.4 Å². The Hall–Kier alpha value is -3.75. The van der Waals surface area contributed by atoms with Gasteiger partial charge in [0.2, 0.25) is 0 Å². The molecule has 0 radical (unpaired) electrons. The van der Waals surface area contributed by atoms with Gasteiger partial charge in [-0.15, -0.1) is 0 Å². The number of aromatic amines is 1. The van der Waals surface area contributed by atoms with Crippen molar-refractivity contribution in [1.82, 2.24) is 4.98 Å². The van der Waals surface area contributed by atoms with E-state index in [0.29, 0.717) is 11.2 Å². The highest BCUT2D eigenvalue weighted by Crippen LogP contribution is 2.23. The number of rotatable bonds is 5. The second-order valence-electron chi connectivity index (χ2n) is 4.90. The van der Waals surface area contributed by atoms with Crippen LogP contribution in [0.1, 0.15) is 5.69 Å². The molecular weight excluding hydrogens is 314 g/mol. The molecule has 3 aromatic rings. The van der Waals surface area contributed by atoms with Crippen molar-refractivity contribution in [3.63, 3.8) is 0 Å². The fourth-order valence-electron chi connectivity index (χ4n) is 2.22. The molecule has 1 heterocycles. The van der Waals surface area contributed by atoms with Crippen LogP contribution in [0.25, 0.3) is 10.9 Å². The van der Waals surface area contributed by atoms with E-state index in [2.05, 4.69) is 15.5 Å². The van der Waals surface area contributed by atoms with Crippen molar-refractivity contribution in [3.8, 4) is 0 Å². The van der Waals surface area contributed by atoms with Crippen molar-refractivity contribution in [1.29, 1.82) is 0 Å². The van der Waals surface area contributed by atoms with Crippen molar-refractivity contribution in [2.45, 2.75) is 0 Å². The Kier molecular flexibility index (Phi) is 3.89. The summed E-state index contributed by atoms with van der Waals surface area (Å²) < 4.78 is 0. The Labute approximate surface area is 134 Å². The molecule has 1 aromatic heterocycles. The first-order chi connectivity index (χ1) is 11.5. The van der Waals surface area contributed by atoms with E-state index in [1.807, 2.05) is 0 Å². The number of benzene rings is 2. The molecule has 120 valence electrons. The average Bonchev–Trinajstić information content (AvgIpc) is 2.96. The monoisotopic (exact) mass is 325 g/mol. The van der Waals surface area contributed by atoms with Crippen LogP contribution in [0.15, 0.2) is 53.6 Å². The zero-order valence-corrected chi connectivity index (χ0v) is 12.2. The highest BCUT2D eigenvalue weighted by Gasteiger charge is 2.11. The Morgan fingerprint density at radius 2 is 1.83 bits per heavy atom. The minimum absolute atomic E-state index is 0.00845. The molecule has 3 rings (SSSR count). The Morgan fingerprint density at radius 3 is 2.58 bits per heavy atom. The van der Waals surface area contributed by atoms with E-state index in [0.717, 1.165) is 5.39 Å².